The first-order valence-corrected chi connectivity index (χ1v) is 3.43. The molecule has 0 aromatic carbocycles. The van der Waals surface area contributed by atoms with Crippen molar-refractivity contribution >= 4 is 0 Å². The van der Waals surface area contributed by atoms with Gasteiger partial charge >= 0.3 is 0 Å². The standard InChI is InChI=1S/C6H14O6/c7-1-4(10)5(11)6(12,2-8)3-9/h4-5,7-12H,1-3H2/t4-,5-/m1/s1. The van der Waals surface area contributed by atoms with Crippen LogP contribution >= 0.6 is 0 Å². The summed E-state index contributed by atoms with van der Waals surface area (Å²) in [5.41, 5.74) is -2.18. The molecule has 2 atom stereocenters. The molecule has 6 heteroatoms. The van der Waals surface area contributed by atoms with Gasteiger partial charge in [-0.25, -0.2) is 0 Å². The van der Waals surface area contributed by atoms with Crippen molar-refractivity contribution in [3.63, 3.8) is 0 Å². The second kappa shape index (κ2) is 4.70. The average molecular weight is 182 g/mol. The van der Waals surface area contributed by atoms with Crippen molar-refractivity contribution in [1.29, 1.82) is 0 Å². The van der Waals surface area contributed by atoms with Crippen molar-refractivity contribution in [2.24, 2.45) is 0 Å². The lowest BCUT2D eigenvalue weighted by atomic mass is 9.95. The van der Waals surface area contributed by atoms with Gasteiger partial charge in [0.25, 0.3) is 0 Å². The minimum absolute atomic E-state index is 0.760. The molecule has 0 aromatic heterocycles. The average Bonchev–Trinajstić information content (AvgIpc) is 2.14. The molecule has 0 saturated carbocycles. The van der Waals surface area contributed by atoms with E-state index in [0.717, 1.165) is 0 Å². The normalized spacial score (nSPS) is 17.5. The molecule has 6 nitrogen and oxygen atoms in total. The number of hydrogen-bond acceptors (Lipinski definition) is 6. The Labute approximate surface area is 69.3 Å². The fraction of sp³-hybridized carbons (Fsp3) is 1.00. The molecule has 0 saturated heterocycles. The zero-order chi connectivity index (χ0) is 9.78. The topological polar surface area (TPSA) is 121 Å². The first kappa shape index (κ1) is 11.8. The van der Waals surface area contributed by atoms with Crippen molar-refractivity contribution in [3.8, 4) is 0 Å². The number of rotatable bonds is 5. The van der Waals surface area contributed by atoms with Crippen LogP contribution in [0.5, 0.6) is 0 Å². The van der Waals surface area contributed by atoms with Gasteiger partial charge in [0.05, 0.1) is 19.8 Å². The van der Waals surface area contributed by atoms with Gasteiger partial charge in [-0.3, -0.25) is 0 Å². The van der Waals surface area contributed by atoms with Crippen LogP contribution in [0, 0.1) is 0 Å². The molecule has 0 rings (SSSR count). The summed E-state index contributed by atoms with van der Waals surface area (Å²) in [5, 5.41) is 52.5. The third kappa shape index (κ3) is 2.37. The summed E-state index contributed by atoms with van der Waals surface area (Å²) in [6.45, 7) is -2.56. The minimum atomic E-state index is -2.18. The van der Waals surface area contributed by atoms with Crippen molar-refractivity contribution in [2.45, 2.75) is 17.8 Å². The van der Waals surface area contributed by atoms with Crippen molar-refractivity contribution < 1.29 is 30.6 Å². The smallest absolute Gasteiger partial charge is 0.139 e. The molecule has 0 heterocycles. The quantitative estimate of drug-likeness (QED) is 0.261. The highest BCUT2D eigenvalue weighted by atomic mass is 16.4. The lowest BCUT2D eigenvalue weighted by Crippen LogP contribution is -2.55. The molecule has 0 aromatic rings. The lowest BCUT2D eigenvalue weighted by Gasteiger charge is -2.31. The van der Waals surface area contributed by atoms with Crippen LogP contribution in [-0.4, -0.2) is 68.3 Å². The zero-order valence-electron chi connectivity index (χ0n) is 6.46. The van der Waals surface area contributed by atoms with Crippen molar-refractivity contribution in [3.05, 3.63) is 0 Å². The summed E-state index contributed by atoms with van der Waals surface area (Å²) in [5.74, 6) is 0. The largest absolute Gasteiger partial charge is 0.394 e. The van der Waals surface area contributed by atoms with Crippen LogP contribution in [0.1, 0.15) is 0 Å². The Morgan fingerprint density at radius 3 is 1.67 bits per heavy atom. The number of aliphatic hydroxyl groups excluding tert-OH is 5. The Bertz CT molecular complexity index is 123. The van der Waals surface area contributed by atoms with Crippen LogP contribution in [-0.2, 0) is 0 Å². The van der Waals surface area contributed by atoms with Gasteiger partial charge in [0.15, 0.2) is 0 Å². The Morgan fingerprint density at radius 2 is 1.42 bits per heavy atom. The first-order valence-electron chi connectivity index (χ1n) is 3.43. The van der Waals surface area contributed by atoms with Crippen LogP contribution in [0.15, 0.2) is 0 Å². The van der Waals surface area contributed by atoms with Gasteiger partial charge in [-0.05, 0) is 0 Å². The van der Waals surface area contributed by atoms with E-state index in [-0.39, 0.29) is 0 Å². The maximum atomic E-state index is 9.18. The lowest BCUT2D eigenvalue weighted by molar-refractivity contribution is -0.170. The molecular weight excluding hydrogens is 168 g/mol. The summed E-state index contributed by atoms with van der Waals surface area (Å²) < 4.78 is 0. The number of hydrogen-bond donors (Lipinski definition) is 6. The molecular formula is C6H14O6. The molecule has 0 aliphatic heterocycles. The van der Waals surface area contributed by atoms with Crippen LogP contribution in [0.2, 0.25) is 0 Å². The Hall–Kier alpha value is -0.240. The van der Waals surface area contributed by atoms with Crippen LogP contribution in [0.4, 0.5) is 0 Å². The molecule has 12 heavy (non-hydrogen) atoms. The summed E-state index contributed by atoms with van der Waals surface area (Å²) in [4.78, 5) is 0. The van der Waals surface area contributed by atoms with E-state index < -0.39 is 37.6 Å². The SMILES string of the molecule is OC[C@@H](O)[C@@H](O)C(O)(CO)CO. The van der Waals surface area contributed by atoms with Gasteiger partial charge in [0.1, 0.15) is 17.8 Å². The Morgan fingerprint density at radius 1 is 1.00 bits per heavy atom. The maximum absolute atomic E-state index is 9.18. The van der Waals surface area contributed by atoms with E-state index in [9.17, 15) is 5.11 Å². The monoisotopic (exact) mass is 182 g/mol. The summed E-state index contributed by atoms with van der Waals surface area (Å²) in [6, 6.07) is 0. The van der Waals surface area contributed by atoms with E-state index in [1.807, 2.05) is 0 Å². The highest BCUT2D eigenvalue weighted by Gasteiger charge is 2.38. The van der Waals surface area contributed by atoms with Crippen molar-refractivity contribution in [2.75, 3.05) is 19.8 Å². The van der Waals surface area contributed by atoms with E-state index in [1.165, 1.54) is 0 Å². The van der Waals surface area contributed by atoms with Gasteiger partial charge in [0.2, 0.25) is 0 Å². The van der Waals surface area contributed by atoms with Gasteiger partial charge < -0.3 is 30.6 Å². The van der Waals surface area contributed by atoms with Gasteiger partial charge in [-0.15, -0.1) is 0 Å². The van der Waals surface area contributed by atoms with Gasteiger partial charge in [-0.2, -0.15) is 0 Å². The molecule has 0 aliphatic carbocycles. The van der Waals surface area contributed by atoms with Gasteiger partial charge in [-0.1, -0.05) is 0 Å². The van der Waals surface area contributed by atoms with E-state index in [0.29, 0.717) is 0 Å². The van der Waals surface area contributed by atoms with E-state index in [2.05, 4.69) is 0 Å². The molecule has 6 N–H and O–H groups in total. The van der Waals surface area contributed by atoms with E-state index in [1.54, 1.807) is 0 Å². The predicted molar refractivity (Wildman–Crippen MR) is 38.2 cm³/mol. The van der Waals surface area contributed by atoms with Crippen LogP contribution in [0.3, 0.4) is 0 Å². The third-order valence-corrected chi connectivity index (χ3v) is 1.65. The first-order chi connectivity index (χ1) is 5.51. The number of aliphatic hydroxyl groups is 6. The molecule has 0 amide bonds. The highest BCUT2D eigenvalue weighted by molar-refractivity contribution is 4.89. The van der Waals surface area contributed by atoms with Gasteiger partial charge in [0, 0.05) is 0 Å². The van der Waals surface area contributed by atoms with E-state index in [4.69, 9.17) is 25.5 Å². The second-order valence-electron chi connectivity index (χ2n) is 2.61. The summed E-state index contributed by atoms with van der Waals surface area (Å²) in [7, 11) is 0. The molecule has 0 aliphatic rings. The van der Waals surface area contributed by atoms with E-state index >= 15 is 0 Å². The fourth-order valence-electron chi connectivity index (χ4n) is 0.695. The molecule has 0 fully saturated rings. The molecule has 0 unspecified atom stereocenters. The maximum Gasteiger partial charge on any atom is 0.139 e. The summed E-state index contributed by atoms with van der Waals surface area (Å²) >= 11 is 0. The summed E-state index contributed by atoms with van der Waals surface area (Å²) in [6.07, 6.45) is -3.37. The van der Waals surface area contributed by atoms with Crippen LogP contribution in [0.25, 0.3) is 0 Å². The highest BCUT2D eigenvalue weighted by Crippen LogP contribution is 2.12. The predicted octanol–water partition coefficient (Wildman–Crippen LogP) is -3.58. The third-order valence-electron chi connectivity index (χ3n) is 1.65. The van der Waals surface area contributed by atoms with Crippen LogP contribution < -0.4 is 0 Å². The minimum Gasteiger partial charge on any atom is -0.394 e. The Balaban J connectivity index is 4.29. The molecule has 0 spiro atoms. The fourth-order valence-corrected chi connectivity index (χ4v) is 0.695. The molecule has 0 bridgehead atoms. The zero-order valence-corrected chi connectivity index (χ0v) is 6.46. The molecule has 74 valence electrons. The van der Waals surface area contributed by atoms with Crippen molar-refractivity contribution in [1.82, 2.24) is 0 Å². The Kier molecular flexibility index (Phi) is 4.61. The second-order valence-corrected chi connectivity index (χ2v) is 2.61. The molecule has 0 radical (unpaired) electrons.